The van der Waals surface area contributed by atoms with E-state index in [1.54, 1.807) is 12.3 Å². The summed E-state index contributed by atoms with van der Waals surface area (Å²) in [5, 5.41) is 6.10. The molecule has 19 heavy (non-hydrogen) atoms. The zero-order chi connectivity index (χ0) is 13.7. The summed E-state index contributed by atoms with van der Waals surface area (Å²) in [4.78, 5) is 16.1. The molecule has 2 heterocycles. The highest BCUT2D eigenvalue weighted by molar-refractivity contribution is 5.93. The van der Waals surface area contributed by atoms with E-state index < -0.39 is 0 Å². The van der Waals surface area contributed by atoms with Gasteiger partial charge in [0.25, 0.3) is 5.91 Å². The number of hydrogen-bond donors (Lipinski definition) is 2. The molecule has 1 fully saturated rings. The maximum absolute atomic E-state index is 11.8. The number of carbonyl (C=O) groups is 1. The Morgan fingerprint density at radius 1 is 1.58 bits per heavy atom. The third kappa shape index (κ3) is 3.92. The third-order valence-electron chi connectivity index (χ3n) is 3.26. The van der Waals surface area contributed by atoms with E-state index in [1.165, 1.54) is 0 Å². The molecule has 0 radical (unpaired) electrons. The minimum absolute atomic E-state index is 0.104. The number of nitrogens with one attached hydrogen (secondary N) is 2. The van der Waals surface area contributed by atoms with Crippen LogP contribution in [0.2, 0.25) is 0 Å². The average molecular weight is 263 g/mol. The number of rotatable bonds is 5. The van der Waals surface area contributed by atoms with Crippen LogP contribution in [-0.2, 0) is 9.53 Å². The predicted molar refractivity (Wildman–Crippen MR) is 75.2 cm³/mol. The van der Waals surface area contributed by atoms with Gasteiger partial charge in [0, 0.05) is 12.6 Å². The van der Waals surface area contributed by atoms with Crippen molar-refractivity contribution in [1.82, 2.24) is 4.98 Å². The highest BCUT2D eigenvalue weighted by atomic mass is 16.5. The summed E-state index contributed by atoms with van der Waals surface area (Å²) in [5.41, 5.74) is 0.962. The van der Waals surface area contributed by atoms with E-state index in [9.17, 15) is 4.79 Å². The fourth-order valence-corrected chi connectivity index (χ4v) is 1.93. The number of ether oxygens (including phenoxy) is 1. The SMILES string of the molecule is CCC(C)Nc1ccc(NC(=O)C2CCCO2)nc1. The lowest BCUT2D eigenvalue weighted by Gasteiger charge is -2.13. The highest BCUT2D eigenvalue weighted by Crippen LogP contribution is 2.15. The fraction of sp³-hybridized carbons (Fsp3) is 0.571. The second-order valence-corrected chi connectivity index (χ2v) is 4.88. The molecule has 2 unspecified atom stereocenters. The molecule has 2 rings (SSSR count). The van der Waals surface area contributed by atoms with Gasteiger partial charge in [0.1, 0.15) is 11.9 Å². The van der Waals surface area contributed by atoms with Gasteiger partial charge in [0.2, 0.25) is 0 Å². The molecule has 1 aliphatic heterocycles. The second kappa shape index (κ2) is 6.52. The first-order chi connectivity index (χ1) is 9.19. The van der Waals surface area contributed by atoms with Crippen LogP contribution < -0.4 is 10.6 Å². The van der Waals surface area contributed by atoms with E-state index in [1.807, 2.05) is 6.07 Å². The molecule has 0 aromatic carbocycles. The van der Waals surface area contributed by atoms with Crippen molar-refractivity contribution in [3.8, 4) is 0 Å². The molecule has 5 heteroatoms. The lowest BCUT2D eigenvalue weighted by molar-refractivity contribution is -0.124. The molecule has 5 nitrogen and oxygen atoms in total. The molecule has 0 spiro atoms. The second-order valence-electron chi connectivity index (χ2n) is 4.88. The molecule has 1 aromatic rings. The number of aromatic nitrogens is 1. The molecule has 1 aliphatic rings. The smallest absolute Gasteiger partial charge is 0.254 e. The minimum Gasteiger partial charge on any atom is -0.381 e. The van der Waals surface area contributed by atoms with Crippen LogP contribution in [0.4, 0.5) is 11.5 Å². The first-order valence-corrected chi connectivity index (χ1v) is 6.84. The first kappa shape index (κ1) is 13.8. The van der Waals surface area contributed by atoms with Crippen LogP contribution in [0.1, 0.15) is 33.1 Å². The highest BCUT2D eigenvalue weighted by Gasteiger charge is 2.23. The number of carbonyl (C=O) groups excluding carboxylic acids is 1. The molecule has 0 saturated carbocycles. The van der Waals surface area contributed by atoms with Crippen molar-refractivity contribution in [1.29, 1.82) is 0 Å². The molecule has 1 amide bonds. The summed E-state index contributed by atoms with van der Waals surface area (Å²) in [6, 6.07) is 4.14. The molecule has 104 valence electrons. The Kier molecular flexibility index (Phi) is 4.74. The number of nitrogens with zero attached hydrogens (tertiary/aromatic N) is 1. The normalized spacial score (nSPS) is 20.0. The summed E-state index contributed by atoms with van der Waals surface area (Å²) in [7, 11) is 0. The van der Waals surface area contributed by atoms with Crippen molar-refractivity contribution in [2.24, 2.45) is 0 Å². The standard InChI is InChI=1S/C14H21N3O2/c1-3-10(2)16-11-6-7-13(15-9-11)17-14(18)12-5-4-8-19-12/h6-7,9-10,12,16H,3-5,8H2,1-2H3,(H,15,17,18). The summed E-state index contributed by atoms with van der Waals surface area (Å²) in [5.74, 6) is 0.461. The molecule has 0 aliphatic carbocycles. The van der Waals surface area contributed by atoms with Crippen molar-refractivity contribution >= 4 is 17.4 Å². The fourth-order valence-electron chi connectivity index (χ4n) is 1.93. The number of amides is 1. The number of hydrogen-bond acceptors (Lipinski definition) is 4. The average Bonchev–Trinajstić information content (AvgIpc) is 2.95. The summed E-state index contributed by atoms with van der Waals surface area (Å²) in [6.07, 6.45) is 4.21. The zero-order valence-corrected chi connectivity index (χ0v) is 11.5. The van der Waals surface area contributed by atoms with Crippen LogP contribution in [0.15, 0.2) is 18.3 Å². The Bertz CT molecular complexity index is 413. The van der Waals surface area contributed by atoms with E-state index in [2.05, 4.69) is 29.5 Å². The van der Waals surface area contributed by atoms with Gasteiger partial charge in [0.05, 0.1) is 11.9 Å². The number of pyridine rings is 1. The Morgan fingerprint density at radius 2 is 2.42 bits per heavy atom. The third-order valence-corrected chi connectivity index (χ3v) is 3.26. The monoisotopic (exact) mass is 263 g/mol. The van der Waals surface area contributed by atoms with Crippen LogP contribution in [0.5, 0.6) is 0 Å². The van der Waals surface area contributed by atoms with Gasteiger partial charge in [-0.2, -0.15) is 0 Å². The van der Waals surface area contributed by atoms with E-state index in [4.69, 9.17) is 4.74 Å². The first-order valence-electron chi connectivity index (χ1n) is 6.84. The van der Waals surface area contributed by atoms with E-state index in [0.29, 0.717) is 18.5 Å². The largest absolute Gasteiger partial charge is 0.381 e. The zero-order valence-electron chi connectivity index (χ0n) is 11.5. The van der Waals surface area contributed by atoms with E-state index in [0.717, 1.165) is 24.9 Å². The van der Waals surface area contributed by atoms with Gasteiger partial charge >= 0.3 is 0 Å². The van der Waals surface area contributed by atoms with Crippen molar-refractivity contribution in [2.45, 2.75) is 45.3 Å². The predicted octanol–water partition coefficient (Wildman–Crippen LogP) is 2.41. The van der Waals surface area contributed by atoms with Crippen molar-refractivity contribution in [3.05, 3.63) is 18.3 Å². The van der Waals surface area contributed by atoms with Gasteiger partial charge in [-0.15, -0.1) is 0 Å². The topological polar surface area (TPSA) is 63.2 Å². The van der Waals surface area contributed by atoms with Crippen LogP contribution in [-0.4, -0.2) is 29.6 Å². The van der Waals surface area contributed by atoms with Gasteiger partial charge in [-0.25, -0.2) is 4.98 Å². The van der Waals surface area contributed by atoms with Gasteiger partial charge in [-0.3, -0.25) is 4.79 Å². The molecule has 2 atom stereocenters. The van der Waals surface area contributed by atoms with Crippen LogP contribution in [0.3, 0.4) is 0 Å². The number of anilines is 2. The summed E-state index contributed by atoms with van der Waals surface area (Å²) < 4.78 is 5.33. The van der Waals surface area contributed by atoms with Gasteiger partial charge in [-0.1, -0.05) is 6.92 Å². The Balaban J connectivity index is 1.89. The summed E-state index contributed by atoms with van der Waals surface area (Å²) >= 11 is 0. The molecule has 1 aromatic heterocycles. The molecular weight excluding hydrogens is 242 g/mol. The summed E-state index contributed by atoms with van der Waals surface area (Å²) in [6.45, 7) is 4.91. The molecule has 2 N–H and O–H groups in total. The molecule has 0 bridgehead atoms. The Morgan fingerprint density at radius 3 is 3.00 bits per heavy atom. The van der Waals surface area contributed by atoms with Crippen molar-refractivity contribution in [3.63, 3.8) is 0 Å². The lowest BCUT2D eigenvalue weighted by Crippen LogP contribution is -2.27. The van der Waals surface area contributed by atoms with Gasteiger partial charge < -0.3 is 15.4 Å². The van der Waals surface area contributed by atoms with Crippen molar-refractivity contribution in [2.75, 3.05) is 17.2 Å². The van der Waals surface area contributed by atoms with Crippen LogP contribution in [0.25, 0.3) is 0 Å². The minimum atomic E-state index is -0.320. The van der Waals surface area contributed by atoms with Crippen molar-refractivity contribution < 1.29 is 9.53 Å². The van der Waals surface area contributed by atoms with Crippen LogP contribution in [0, 0.1) is 0 Å². The quantitative estimate of drug-likeness (QED) is 0.856. The Hall–Kier alpha value is -1.62. The van der Waals surface area contributed by atoms with Crippen LogP contribution >= 0.6 is 0 Å². The Labute approximate surface area is 113 Å². The van der Waals surface area contributed by atoms with Gasteiger partial charge in [0.15, 0.2) is 0 Å². The molecular formula is C14H21N3O2. The maximum atomic E-state index is 11.8. The molecule has 1 saturated heterocycles. The van der Waals surface area contributed by atoms with E-state index in [-0.39, 0.29) is 12.0 Å². The van der Waals surface area contributed by atoms with E-state index >= 15 is 0 Å². The van der Waals surface area contributed by atoms with Gasteiger partial charge in [-0.05, 0) is 38.3 Å². The maximum Gasteiger partial charge on any atom is 0.254 e. The lowest BCUT2D eigenvalue weighted by atomic mass is 10.2.